The van der Waals surface area contributed by atoms with Gasteiger partial charge in [0.2, 0.25) is 0 Å². The molecule has 2 aliphatic rings. The number of nitrogens with zero attached hydrogens (tertiary/aromatic N) is 4. The Morgan fingerprint density at radius 3 is 2.76 bits per heavy atom. The van der Waals surface area contributed by atoms with E-state index in [-0.39, 0.29) is 37.0 Å². The van der Waals surface area contributed by atoms with Crippen molar-refractivity contribution < 1.29 is 27.1 Å². The molecule has 2 saturated heterocycles. The van der Waals surface area contributed by atoms with Crippen molar-refractivity contribution in [3.8, 4) is 0 Å². The van der Waals surface area contributed by atoms with E-state index in [0.29, 0.717) is 30.8 Å². The summed E-state index contributed by atoms with van der Waals surface area (Å²) in [5, 5.41) is -0.0643. The highest BCUT2D eigenvalue weighted by Crippen LogP contribution is 2.29. The first kappa shape index (κ1) is 24.0. The van der Waals surface area contributed by atoms with Gasteiger partial charge in [0.05, 0.1) is 17.9 Å². The second-order valence-electron chi connectivity index (χ2n) is 8.13. The summed E-state index contributed by atoms with van der Waals surface area (Å²) < 4.78 is 47.1. The van der Waals surface area contributed by atoms with Gasteiger partial charge in [-0.25, -0.2) is 28.0 Å². The largest absolute Gasteiger partial charge is 0.444 e. The number of hydrogen-bond acceptors (Lipinski definition) is 8. The fraction of sp³-hybridized carbons (Fsp3) is 0.409. The fourth-order valence-corrected chi connectivity index (χ4v) is 5.19. The number of hydrogen-bond donors (Lipinski definition) is 1. The first-order valence-corrected chi connectivity index (χ1v) is 12.4. The number of sulfonamides is 1. The highest BCUT2D eigenvalue weighted by atomic mass is 32.2. The summed E-state index contributed by atoms with van der Waals surface area (Å²) in [5.74, 6) is -0.512. The third-order valence-electron chi connectivity index (χ3n) is 5.71. The Morgan fingerprint density at radius 2 is 2.06 bits per heavy atom. The molecule has 1 atom stereocenters. The topological polar surface area (TPSA) is 112 Å². The molecule has 10 nitrogen and oxygen atoms in total. The number of pyridine rings is 1. The van der Waals surface area contributed by atoms with E-state index in [1.54, 1.807) is 29.2 Å². The maximum absolute atomic E-state index is 15.1. The number of amides is 1. The van der Waals surface area contributed by atoms with Gasteiger partial charge in [0, 0.05) is 38.8 Å². The number of cyclic esters (lactones) is 1. The number of rotatable bonds is 7. The lowest BCUT2D eigenvalue weighted by Gasteiger charge is -2.24. The molecule has 0 bridgehead atoms. The quantitative estimate of drug-likeness (QED) is 0.625. The molecule has 2 aromatic rings. The standard InChI is InChI=1S/C22H26FN5O5S/c1-16(29)5-7-18-15-27(22(30)33-18)17-6-8-20(19(23)14-17)26-11-10-25-28(13-12-26)34(31,32)21-4-2-3-9-24-21/h2-4,6,8-9,14,18,25H,5,7,10-13,15H2,1H3/t18-/m0/s1. The number of ether oxygens (including phenoxy) is 1. The average molecular weight is 492 g/mol. The number of aromatic nitrogens is 1. The van der Waals surface area contributed by atoms with Crippen molar-refractivity contribution in [2.75, 3.05) is 42.5 Å². The van der Waals surface area contributed by atoms with E-state index in [1.165, 1.54) is 30.2 Å². The van der Waals surface area contributed by atoms with Crippen LogP contribution in [0.1, 0.15) is 19.8 Å². The van der Waals surface area contributed by atoms with Crippen LogP contribution in [0.15, 0.2) is 47.6 Å². The van der Waals surface area contributed by atoms with Crippen LogP contribution in [0, 0.1) is 5.82 Å². The fourth-order valence-electron chi connectivity index (χ4n) is 3.94. The van der Waals surface area contributed by atoms with Crippen LogP contribution in [0.25, 0.3) is 0 Å². The van der Waals surface area contributed by atoms with Gasteiger partial charge in [-0.15, -0.1) is 4.41 Å². The molecule has 3 heterocycles. The van der Waals surface area contributed by atoms with Crippen molar-refractivity contribution in [2.45, 2.75) is 30.9 Å². The van der Waals surface area contributed by atoms with E-state index in [0.717, 1.165) is 4.41 Å². The van der Waals surface area contributed by atoms with Crippen molar-refractivity contribution in [1.82, 2.24) is 14.8 Å². The summed E-state index contributed by atoms with van der Waals surface area (Å²) in [7, 11) is -3.83. The minimum absolute atomic E-state index is 0.0169. The molecule has 1 aromatic carbocycles. The van der Waals surface area contributed by atoms with Crippen LogP contribution in [0.2, 0.25) is 0 Å². The van der Waals surface area contributed by atoms with Crippen molar-refractivity contribution >= 4 is 33.3 Å². The second-order valence-corrected chi connectivity index (χ2v) is 9.94. The van der Waals surface area contributed by atoms with E-state index < -0.39 is 28.0 Å². The number of ketones is 1. The van der Waals surface area contributed by atoms with Crippen LogP contribution in [-0.2, 0) is 19.6 Å². The normalized spacial score (nSPS) is 19.7. The van der Waals surface area contributed by atoms with Crippen LogP contribution >= 0.6 is 0 Å². The van der Waals surface area contributed by atoms with Gasteiger partial charge in [-0.3, -0.25) is 4.90 Å². The highest BCUT2D eigenvalue weighted by molar-refractivity contribution is 7.89. The smallest absolute Gasteiger partial charge is 0.414 e. The highest BCUT2D eigenvalue weighted by Gasteiger charge is 2.33. The molecule has 2 fully saturated rings. The number of hydrazine groups is 1. The molecule has 0 unspecified atom stereocenters. The van der Waals surface area contributed by atoms with Crippen molar-refractivity contribution in [3.05, 3.63) is 48.4 Å². The third-order valence-corrected chi connectivity index (χ3v) is 7.37. The summed E-state index contributed by atoms with van der Waals surface area (Å²) in [6.07, 6.45) is 1.17. The van der Waals surface area contributed by atoms with Gasteiger partial charge >= 0.3 is 6.09 Å². The maximum atomic E-state index is 15.1. The predicted octanol–water partition coefficient (Wildman–Crippen LogP) is 1.93. The average Bonchev–Trinajstić information content (AvgIpc) is 3.02. The van der Waals surface area contributed by atoms with Gasteiger partial charge in [0.15, 0.2) is 5.03 Å². The van der Waals surface area contributed by atoms with E-state index in [2.05, 4.69) is 10.4 Å². The summed E-state index contributed by atoms with van der Waals surface area (Å²) in [6.45, 7) is 2.74. The van der Waals surface area contributed by atoms with Gasteiger partial charge < -0.3 is 14.4 Å². The Hall–Kier alpha value is -3.09. The number of anilines is 2. The van der Waals surface area contributed by atoms with Gasteiger partial charge in [0.1, 0.15) is 17.7 Å². The molecule has 1 N–H and O–H groups in total. The van der Waals surface area contributed by atoms with Crippen LogP contribution in [-0.4, -0.2) is 68.5 Å². The number of benzene rings is 1. The molecule has 4 rings (SSSR count). The molecule has 2 aliphatic heterocycles. The Morgan fingerprint density at radius 1 is 1.24 bits per heavy atom. The number of carbonyl (C=O) groups is 2. The summed E-state index contributed by atoms with van der Waals surface area (Å²) >= 11 is 0. The lowest BCUT2D eigenvalue weighted by atomic mass is 10.1. The number of halogens is 1. The third kappa shape index (κ3) is 5.18. The minimum atomic E-state index is -3.83. The molecule has 182 valence electrons. The Labute approximate surface area is 197 Å². The molecule has 0 spiro atoms. The predicted molar refractivity (Wildman–Crippen MR) is 122 cm³/mol. The molecule has 0 saturated carbocycles. The number of Topliss-reactive ketones (excluding diaryl/α,β-unsaturated/α-hetero) is 1. The Balaban J connectivity index is 1.43. The maximum Gasteiger partial charge on any atom is 0.414 e. The first-order valence-electron chi connectivity index (χ1n) is 10.9. The van der Waals surface area contributed by atoms with E-state index >= 15 is 4.39 Å². The monoisotopic (exact) mass is 491 g/mol. The van der Waals surface area contributed by atoms with Gasteiger partial charge in [-0.1, -0.05) is 6.07 Å². The summed E-state index contributed by atoms with van der Waals surface area (Å²) in [4.78, 5) is 30.4. The number of nitrogens with one attached hydrogen (secondary N) is 1. The molecule has 1 amide bonds. The van der Waals surface area contributed by atoms with Crippen molar-refractivity contribution in [3.63, 3.8) is 0 Å². The van der Waals surface area contributed by atoms with E-state index in [9.17, 15) is 18.0 Å². The van der Waals surface area contributed by atoms with Crippen LogP contribution in [0.5, 0.6) is 0 Å². The minimum Gasteiger partial charge on any atom is -0.444 e. The molecular formula is C22H26FN5O5S. The van der Waals surface area contributed by atoms with Crippen molar-refractivity contribution in [1.29, 1.82) is 0 Å². The molecule has 1 aromatic heterocycles. The van der Waals surface area contributed by atoms with Crippen LogP contribution in [0.4, 0.5) is 20.6 Å². The zero-order valence-electron chi connectivity index (χ0n) is 18.7. The van der Waals surface area contributed by atoms with Gasteiger partial charge in [-0.05, 0) is 43.7 Å². The van der Waals surface area contributed by atoms with Gasteiger partial charge in [-0.2, -0.15) is 0 Å². The zero-order chi connectivity index (χ0) is 24.3. The van der Waals surface area contributed by atoms with Gasteiger partial charge in [0.25, 0.3) is 10.0 Å². The molecule has 0 aliphatic carbocycles. The summed E-state index contributed by atoms with van der Waals surface area (Å²) in [6, 6.07) is 9.13. The molecule has 0 radical (unpaired) electrons. The Kier molecular flexibility index (Phi) is 7.10. The number of carbonyl (C=O) groups excluding carboxylic acids is 2. The SMILES string of the molecule is CC(=O)CC[C@H]1CN(c2ccc(N3CCNN(S(=O)(=O)c4ccccn4)CC3)c(F)c2)C(=O)O1. The zero-order valence-corrected chi connectivity index (χ0v) is 19.5. The van der Waals surface area contributed by atoms with E-state index in [1.807, 2.05) is 0 Å². The summed E-state index contributed by atoms with van der Waals surface area (Å²) in [5.41, 5.74) is 3.55. The van der Waals surface area contributed by atoms with Crippen LogP contribution < -0.4 is 15.2 Å². The Bertz CT molecular complexity index is 1160. The molecule has 12 heteroatoms. The molecular weight excluding hydrogens is 465 g/mol. The van der Waals surface area contributed by atoms with E-state index in [4.69, 9.17) is 4.74 Å². The second kappa shape index (κ2) is 10.0. The first-order chi connectivity index (χ1) is 16.3. The lowest BCUT2D eigenvalue weighted by Crippen LogP contribution is -2.43. The van der Waals surface area contributed by atoms with Crippen LogP contribution in [0.3, 0.4) is 0 Å². The molecule has 34 heavy (non-hydrogen) atoms. The van der Waals surface area contributed by atoms with Crippen molar-refractivity contribution in [2.24, 2.45) is 0 Å². The lowest BCUT2D eigenvalue weighted by molar-refractivity contribution is -0.117.